The fourth-order valence-corrected chi connectivity index (χ4v) is 4.34. The van der Waals surface area contributed by atoms with Gasteiger partial charge >= 0.3 is 0 Å². The summed E-state index contributed by atoms with van der Waals surface area (Å²) >= 11 is 5.76. The van der Waals surface area contributed by atoms with E-state index in [1.807, 2.05) is 0 Å². The van der Waals surface area contributed by atoms with E-state index in [1.165, 1.54) is 0 Å². The molecule has 3 N–H and O–H groups in total. The van der Waals surface area contributed by atoms with Gasteiger partial charge in [-0.2, -0.15) is 4.31 Å². The van der Waals surface area contributed by atoms with Gasteiger partial charge in [-0.1, -0.05) is 18.5 Å². The molecule has 1 aliphatic rings. The molecule has 1 saturated heterocycles. The number of hydrogen-bond acceptors (Lipinski definition) is 4. The third kappa shape index (κ3) is 2.83. The summed E-state index contributed by atoms with van der Waals surface area (Å²) < 4.78 is 40.3. The van der Waals surface area contributed by atoms with Crippen molar-refractivity contribution in [3.05, 3.63) is 23.0 Å². The Hall–Kier alpha value is -1.38. The Kier molecular flexibility index (Phi) is 4.40. The van der Waals surface area contributed by atoms with Gasteiger partial charge in [0, 0.05) is 18.1 Å². The fraction of sp³-hybridized carbons (Fsp3) is 0.417. The quantitative estimate of drug-likeness (QED) is 0.805. The molecule has 1 fully saturated rings. The maximum Gasteiger partial charge on any atom is 0.246 e. The summed E-state index contributed by atoms with van der Waals surface area (Å²) in [6, 6.07) is 1.26. The Morgan fingerprint density at radius 3 is 2.81 bits per heavy atom. The van der Waals surface area contributed by atoms with Gasteiger partial charge in [0.2, 0.25) is 15.9 Å². The average molecular weight is 336 g/mol. The number of hydrogen-bond donors (Lipinski definition) is 2. The normalized spacial score (nSPS) is 20.3. The van der Waals surface area contributed by atoms with Crippen LogP contribution >= 0.6 is 11.6 Å². The number of carbonyl (C=O) groups excluding carboxylic acids is 1. The fourth-order valence-electron chi connectivity index (χ4n) is 2.27. The largest absolute Gasteiger partial charge is 0.396 e. The number of nitrogens with zero attached hydrogens (tertiary/aromatic N) is 1. The number of benzene rings is 1. The summed E-state index contributed by atoms with van der Waals surface area (Å²) in [5.74, 6) is -1.46. The van der Waals surface area contributed by atoms with Crippen LogP contribution in [-0.2, 0) is 14.8 Å². The molecule has 6 nitrogen and oxygen atoms in total. The Morgan fingerprint density at radius 1 is 1.52 bits per heavy atom. The number of halogens is 2. The Labute approximate surface area is 127 Å². The van der Waals surface area contributed by atoms with Crippen molar-refractivity contribution in [2.45, 2.75) is 24.3 Å². The highest BCUT2D eigenvalue weighted by molar-refractivity contribution is 7.89. The van der Waals surface area contributed by atoms with E-state index in [9.17, 15) is 17.6 Å². The number of carbonyl (C=O) groups is 1. The van der Waals surface area contributed by atoms with Crippen molar-refractivity contribution >= 4 is 33.2 Å². The number of anilines is 1. The molecule has 1 heterocycles. The first-order valence-corrected chi connectivity index (χ1v) is 8.15. The Morgan fingerprint density at radius 2 is 2.19 bits per heavy atom. The number of piperazine rings is 1. The van der Waals surface area contributed by atoms with Crippen molar-refractivity contribution in [3.8, 4) is 0 Å². The van der Waals surface area contributed by atoms with Crippen molar-refractivity contribution in [1.82, 2.24) is 9.62 Å². The summed E-state index contributed by atoms with van der Waals surface area (Å²) in [5.41, 5.74) is 5.07. The zero-order valence-electron chi connectivity index (χ0n) is 11.3. The molecule has 0 saturated carbocycles. The lowest BCUT2D eigenvalue weighted by Crippen LogP contribution is -2.56. The van der Waals surface area contributed by atoms with Crippen molar-refractivity contribution < 1.29 is 17.6 Å². The molecule has 116 valence electrons. The standard InChI is InChI=1S/C12H15ClFN3O3S/c1-2-9-12(18)16-3-4-17(9)21(19,20)10-6-7(13)5-8(15)11(10)14/h5-6,9H,2-4,15H2,1H3,(H,16,18). The summed E-state index contributed by atoms with van der Waals surface area (Å²) in [6.07, 6.45) is 0.280. The smallest absolute Gasteiger partial charge is 0.246 e. The Balaban J connectivity index is 2.54. The van der Waals surface area contributed by atoms with E-state index >= 15 is 0 Å². The first-order chi connectivity index (χ1) is 9.78. The monoisotopic (exact) mass is 335 g/mol. The van der Waals surface area contributed by atoms with E-state index in [-0.39, 0.29) is 30.2 Å². The topological polar surface area (TPSA) is 92.5 Å². The highest BCUT2D eigenvalue weighted by Gasteiger charge is 2.39. The molecular weight excluding hydrogens is 321 g/mol. The zero-order valence-corrected chi connectivity index (χ0v) is 12.8. The van der Waals surface area contributed by atoms with Gasteiger partial charge < -0.3 is 11.1 Å². The second-order valence-corrected chi connectivity index (χ2v) is 6.93. The van der Waals surface area contributed by atoms with Crippen LogP contribution in [0.1, 0.15) is 13.3 Å². The van der Waals surface area contributed by atoms with Crippen molar-refractivity contribution in [2.75, 3.05) is 18.8 Å². The molecule has 0 bridgehead atoms. The summed E-state index contributed by atoms with van der Waals surface area (Å²) in [5, 5.41) is 2.60. The maximum absolute atomic E-state index is 14.1. The highest BCUT2D eigenvalue weighted by atomic mass is 35.5. The van der Waals surface area contributed by atoms with Crippen molar-refractivity contribution in [2.24, 2.45) is 0 Å². The highest BCUT2D eigenvalue weighted by Crippen LogP contribution is 2.29. The van der Waals surface area contributed by atoms with Crippen molar-refractivity contribution in [3.63, 3.8) is 0 Å². The molecule has 0 aromatic heterocycles. The van der Waals surface area contributed by atoms with Gasteiger partial charge in [-0.05, 0) is 18.6 Å². The summed E-state index contributed by atoms with van der Waals surface area (Å²) in [7, 11) is -4.20. The van der Waals surface area contributed by atoms with Gasteiger partial charge in [-0.25, -0.2) is 12.8 Å². The second-order valence-electron chi connectivity index (χ2n) is 4.64. The van der Waals surface area contributed by atoms with Crippen LogP contribution in [-0.4, -0.2) is 37.8 Å². The lowest BCUT2D eigenvalue weighted by Gasteiger charge is -2.33. The molecule has 1 atom stereocenters. The number of nitrogens with one attached hydrogen (secondary N) is 1. The van der Waals surface area contributed by atoms with E-state index in [1.54, 1.807) is 6.92 Å². The van der Waals surface area contributed by atoms with E-state index in [0.29, 0.717) is 0 Å². The van der Waals surface area contributed by atoms with Crippen LogP contribution in [0.2, 0.25) is 5.02 Å². The SMILES string of the molecule is CCC1C(=O)NCCN1S(=O)(=O)c1cc(Cl)cc(N)c1F. The maximum atomic E-state index is 14.1. The summed E-state index contributed by atoms with van der Waals surface area (Å²) in [4.78, 5) is 11.2. The predicted molar refractivity (Wildman–Crippen MR) is 76.8 cm³/mol. The molecule has 0 radical (unpaired) electrons. The molecule has 0 spiro atoms. The minimum Gasteiger partial charge on any atom is -0.396 e. The third-order valence-corrected chi connectivity index (χ3v) is 5.41. The van der Waals surface area contributed by atoms with Crippen LogP contribution in [0.3, 0.4) is 0 Å². The van der Waals surface area contributed by atoms with Crippen LogP contribution in [0.15, 0.2) is 17.0 Å². The van der Waals surface area contributed by atoms with Crippen LogP contribution < -0.4 is 11.1 Å². The van der Waals surface area contributed by atoms with Gasteiger partial charge in [-0.3, -0.25) is 4.79 Å². The first-order valence-electron chi connectivity index (χ1n) is 6.33. The third-order valence-electron chi connectivity index (χ3n) is 3.29. The molecule has 9 heteroatoms. The Bertz CT molecular complexity index is 681. The van der Waals surface area contributed by atoms with E-state index < -0.39 is 32.7 Å². The molecule has 1 aromatic rings. The lowest BCUT2D eigenvalue weighted by molar-refractivity contribution is -0.126. The van der Waals surface area contributed by atoms with Crippen LogP contribution in [0, 0.1) is 5.82 Å². The molecular formula is C12H15ClFN3O3S. The number of nitrogen functional groups attached to an aromatic ring is 1. The van der Waals surface area contributed by atoms with Crippen LogP contribution in [0.4, 0.5) is 10.1 Å². The van der Waals surface area contributed by atoms with Gasteiger partial charge in [0.25, 0.3) is 0 Å². The number of amides is 1. The minimum absolute atomic E-state index is 0.0157. The lowest BCUT2D eigenvalue weighted by atomic mass is 10.2. The van der Waals surface area contributed by atoms with Crippen LogP contribution in [0.25, 0.3) is 0 Å². The molecule has 1 aromatic carbocycles. The van der Waals surface area contributed by atoms with Gasteiger partial charge in [0.15, 0.2) is 5.82 Å². The number of nitrogens with two attached hydrogens (primary N) is 1. The first kappa shape index (κ1) is 16.0. The summed E-state index contributed by atoms with van der Waals surface area (Å²) in [6.45, 7) is 1.92. The molecule has 1 aliphatic heterocycles. The molecule has 1 unspecified atom stereocenters. The molecule has 0 aliphatic carbocycles. The zero-order chi connectivity index (χ0) is 15.8. The second kappa shape index (κ2) is 5.78. The predicted octanol–water partition coefficient (Wildman–Crippen LogP) is 0.960. The van der Waals surface area contributed by atoms with E-state index in [2.05, 4.69) is 5.32 Å². The van der Waals surface area contributed by atoms with Gasteiger partial charge in [0.1, 0.15) is 10.9 Å². The molecule has 21 heavy (non-hydrogen) atoms. The van der Waals surface area contributed by atoms with Crippen LogP contribution in [0.5, 0.6) is 0 Å². The number of sulfonamides is 1. The van der Waals surface area contributed by atoms with Gasteiger partial charge in [0.05, 0.1) is 5.69 Å². The average Bonchev–Trinajstić information content (AvgIpc) is 2.42. The van der Waals surface area contributed by atoms with Crippen molar-refractivity contribution in [1.29, 1.82) is 0 Å². The molecule has 2 rings (SSSR count). The van der Waals surface area contributed by atoms with E-state index in [0.717, 1.165) is 16.4 Å². The van der Waals surface area contributed by atoms with E-state index in [4.69, 9.17) is 17.3 Å². The number of rotatable bonds is 3. The molecule has 1 amide bonds. The minimum atomic E-state index is -4.20. The van der Waals surface area contributed by atoms with Gasteiger partial charge in [-0.15, -0.1) is 0 Å².